The number of pyridine rings is 1. The number of carbonyl (C=O) groups excluding carboxylic acids is 2. The number of nitrogens with two attached hydrogens (primary N) is 1. The molecule has 9 heteroatoms. The highest BCUT2D eigenvalue weighted by atomic mass is 32.2. The molecule has 0 aliphatic heterocycles. The molecular weight excluding hydrogens is 356 g/mol. The summed E-state index contributed by atoms with van der Waals surface area (Å²) in [4.78, 5) is 27.5. The van der Waals surface area contributed by atoms with Crippen molar-refractivity contribution in [2.45, 2.75) is 24.2 Å². The third-order valence-corrected chi connectivity index (χ3v) is 4.43. The maximum absolute atomic E-state index is 11.8. The minimum atomic E-state index is -3.72. The van der Waals surface area contributed by atoms with Crippen LogP contribution in [0.15, 0.2) is 53.6 Å². The van der Waals surface area contributed by atoms with Gasteiger partial charge in [-0.05, 0) is 36.2 Å². The molecule has 26 heavy (non-hydrogen) atoms. The van der Waals surface area contributed by atoms with Crippen LogP contribution in [0.1, 0.15) is 18.4 Å². The lowest BCUT2D eigenvalue weighted by Gasteiger charge is -2.07. The first-order valence-electron chi connectivity index (χ1n) is 7.94. The summed E-state index contributed by atoms with van der Waals surface area (Å²) in [5.41, 5.74) is 0.820. The maximum Gasteiger partial charge on any atom is 0.238 e. The van der Waals surface area contributed by atoms with Gasteiger partial charge < -0.3 is 10.6 Å². The van der Waals surface area contributed by atoms with Gasteiger partial charge in [-0.25, -0.2) is 18.5 Å². The Labute approximate surface area is 151 Å². The van der Waals surface area contributed by atoms with Crippen molar-refractivity contribution in [3.05, 3.63) is 54.2 Å². The lowest BCUT2D eigenvalue weighted by atomic mass is 10.1. The molecule has 1 aromatic carbocycles. The van der Waals surface area contributed by atoms with E-state index in [4.69, 9.17) is 5.14 Å². The van der Waals surface area contributed by atoms with Crippen molar-refractivity contribution in [3.8, 4) is 0 Å². The fraction of sp³-hybridized carbons (Fsp3) is 0.235. The van der Waals surface area contributed by atoms with E-state index in [1.807, 2.05) is 0 Å². The normalized spacial score (nSPS) is 11.0. The van der Waals surface area contributed by atoms with E-state index in [9.17, 15) is 18.0 Å². The average molecular weight is 376 g/mol. The van der Waals surface area contributed by atoms with Crippen molar-refractivity contribution in [2.75, 3.05) is 11.9 Å². The number of rotatable bonds is 8. The molecule has 0 radical (unpaired) electrons. The molecule has 2 aromatic rings. The van der Waals surface area contributed by atoms with Crippen LogP contribution in [0.4, 0.5) is 5.82 Å². The molecule has 8 nitrogen and oxygen atoms in total. The second-order valence-electron chi connectivity index (χ2n) is 5.55. The SMILES string of the molecule is NS(=O)(=O)c1ccc(CCC(=O)NCCC(=O)Nc2ccccn2)cc1. The number of hydrogen-bond acceptors (Lipinski definition) is 5. The fourth-order valence-electron chi connectivity index (χ4n) is 2.15. The van der Waals surface area contributed by atoms with E-state index in [1.54, 1.807) is 36.5 Å². The van der Waals surface area contributed by atoms with E-state index >= 15 is 0 Å². The van der Waals surface area contributed by atoms with Crippen molar-refractivity contribution in [1.82, 2.24) is 10.3 Å². The molecule has 138 valence electrons. The molecule has 4 N–H and O–H groups in total. The van der Waals surface area contributed by atoms with E-state index in [0.717, 1.165) is 5.56 Å². The molecule has 0 aliphatic rings. The van der Waals surface area contributed by atoms with Gasteiger partial charge in [0.15, 0.2) is 0 Å². The van der Waals surface area contributed by atoms with Crippen LogP contribution in [-0.2, 0) is 26.0 Å². The van der Waals surface area contributed by atoms with Gasteiger partial charge in [0.2, 0.25) is 21.8 Å². The molecule has 0 unspecified atom stereocenters. The predicted octanol–water partition coefficient (Wildman–Crippen LogP) is 0.807. The standard InChI is InChI=1S/C17H20N4O4S/c18-26(24,25)14-7-4-13(5-8-14)6-9-16(22)20-12-10-17(23)21-15-3-1-2-11-19-15/h1-5,7-8,11H,6,9-10,12H2,(H,20,22)(H2,18,24,25)(H,19,21,23). The van der Waals surface area contributed by atoms with E-state index in [2.05, 4.69) is 15.6 Å². The Hall–Kier alpha value is -2.78. The molecule has 0 saturated heterocycles. The molecule has 0 aliphatic carbocycles. The number of benzene rings is 1. The van der Waals surface area contributed by atoms with E-state index < -0.39 is 10.0 Å². The summed E-state index contributed by atoms with van der Waals surface area (Å²) in [7, 11) is -3.72. The molecule has 0 bridgehead atoms. The smallest absolute Gasteiger partial charge is 0.238 e. The third-order valence-electron chi connectivity index (χ3n) is 3.50. The van der Waals surface area contributed by atoms with Crippen molar-refractivity contribution < 1.29 is 18.0 Å². The highest BCUT2D eigenvalue weighted by Gasteiger charge is 2.08. The zero-order chi connectivity index (χ0) is 19.0. The Morgan fingerprint density at radius 1 is 1.00 bits per heavy atom. The third kappa shape index (κ3) is 6.61. The quantitative estimate of drug-likeness (QED) is 0.627. The Balaban J connectivity index is 1.68. The van der Waals surface area contributed by atoms with Crippen molar-refractivity contribution in [2.24, 2.45) is 5.14 Å². The number of aromatic nitrogens is 1. The molecule has 0 spiro atoms. The second-order valence-corrected chi connectivity index (χ2v) is 7.11. The van der Waals surface area contributed by atoms with E-state index in [1.165, 1.54) is 12.1 Å². The topological polar surface area (TPSA) is 131 Å². The van der Waals surface area contributed by atoms with Gasteiger partial charge in [-0.1, -0.05) is 18.2 Å². The van der Waals surface area contributed by atoms with Crippen LogP contribution in [0.25, 0.3) is 0 Å². The van der Waals surface area contributed by atoms with Crippen LogP contribution in [0, 0.1) is 0 Å². The van der Waals surface area contributed by atoms with Gasteiger partial charge in [0, 0.05) is 25.6 Å². The summed E-state index contributed by atoms with van der Waals surface area (Å²) in [6, 6.07) is 11.2. The van der Waals surface area contributed by atoms with Crippen molar-refractivity contribution in [1.29, 1.82) is 0 Å². The van der Waals surface area contributed by atoms with Crippen LogP contribution in [0.3, 0.4) is 0 Å². The molecule has 2 rings (SSSR count). The second kappa shape index (κ2) is 9.07. The molecule has 1 aromatic heterocycles. The van der Waals surface area contributed by atoms with Crippen LogP contribution in [0.5, 0.6) is 0 Å². The molecular formula is C17H20N4O4S. The van der Waals surface area contributed by atoms with Gasteiger partial charge in [-0.2, -0.15) is 0 Å². The summed E-state index contributed by atoms with van der Waals surface area (Å²) in [5.74, 6) is 0.0421. The largest absolute Gasteiger partial charge is 0.356 e. The summed E-state index contributed by atoms with van der Waals surface area (Å²) in [6.45, 7) is 0.224. The van der Waals surface area contributed by atoms with Gasteiger partial charge >= 0.3 is 0 Å². The van der Waals surface area contributed by atoms with Crippen LogP contribution < -0.4 is 15.8 Å². The maximum atomic E-state index is 11.8. The molecule has 0 atom stereocenters. The summed E-state index contributed by atoms with van der Waals surface area (Å²) < 4.78 is 22.4. The molecule has 0 saturated carbocycles. The zero-order valence-corrected chi connectivity index (χ0v) is 14.8. The molecule has 1 heterocycles. The molecule has 2 amide bonds. The minimum Gasteiger partial charge on any atom is -0.356 e. The first kappa shape index (κ1) is 19.5. The van der Waals surface area contributed by atoms with Gasteiger partial charge in [-0.15, -0.1) is 0 Å². The van der Waals surface area contributed by atoms with Crippen molar-refractivity contribution in [3.63, 3.8) is 0 Å². The Morgan fingerprint density at radius 2 is 1.73 bits per heavy atom. The highest BCUT2D eigenvalue weighted by molar-refractivity contribution is 7.89. The fourth-order valence-corrected chi connectivity index (χ4v) is 2.66. The number of anilines is 1. The lowest BCUT2D eigenvalue weighted by Crippen LogP contribution is -2.27. The number of hydrogen-bond donors (Lipinski definition) is 3. The number of sulfonamides is 1. The van der Waals surface area contributed by atoms with Gasteiger partial charge in [0.05, 0.1) is 4.90 Å². The van der Waals surface area contributed by atoms with Crippen LogP contribution >= 0.6 is 0 Å². The van der Waals surface area contributed by atoms with Gasteiger partial charge in [-0.3, -0.25) is 9.59 Å². The van der Waals surface area contributed by atoms with E-state index in [0.29, 0.717) is 12.2 Å². The Kier molecular flexibility index (Phi) is 6.81. The number of primary sulfonamides is 1. The number of nitrogens with zero attached hydrogens (tertiary/aromatic N) is 1. The van der Waals surface area contributed by atoms with Crippen LogP contribution in [-0.4, -0.2) is 31.8 Å². The number of aryl methyl sites for hydroxylation is 1. The number of carbonyl (C=O) groups is 2. The summed E-state index contributed by atoms with van der Waals surface area (Å²) >= 11 is 0. The Bertz CT molecular complexity index is 852. The first-order valence-corrected chi connectivity index (χ1v) is 9.48. The average Bonchev–Trinajstić information content (AvgIpc) is 2.60. The molecule has 0 fully saturated rings. The van der Waals surface area contributed by atoms with Gasteiger partial charge in [0.25, 0.3) is 0 Å². The highest BCUT2D eigenvalue weighted by Crippen LogP contribution is 2.10. The first-order chi connectivity index (χ1) is 12.3. The number of nitrogens with one attached hydrogen (secondary N) is 2. The summed E-state index contributed by atoms with van der Waals surface area (Å²) in [5, 5.41) is 10.3. The van der Waals surface area contributed by atoms with Crippen molar-refractivity contribution >= 4 is 27.7 Å². The van der Waals surface area contributed by atoms with Crippen LogP contribution in [0.2, 0.25) is 0 Å². The lowest BCUT2D eigenvalue weighted by molar-refractivity contribution is -0.121. The predicted molar refractivity (Wildman–Crippen MR) is 96.6 cm³/mol. The van der Waals surface area contributed by atoms with Gasteiger partial charge in [0.1, 0.15) is 5.82 Å². The Morgan fingerprint density at radius 3 is 2.35 bits per heavy atom. The monoisotopic (exact) mass is 376 g/mol. The number of amides is 2. The van der Waals surface area contributed by atoms with E-state index in [-0.39, 0.29) is 36.1 Å². The minimum absolute atomic E-state index is 0.0321. The zero-order valence-electron chi connectivity index (χ0n) is 14.0. The summed E-state index contributed by atoms with van der Waals surface area (Å²) in [6.07, 6.45) is 2.41.